The maximum Gasteiger partial charge on any atom is 0.236 e. The minimum atomic E-state index is -0.202. The monoisotopic (exact) mass is 420 g/mol. The smallest absolute Gasteiger partial charge is 0.236 e. The number of benzene rings is 2. The third-order valence-electron chi connectivity index (χ3n) is 5.39. The van der Waals surface area contributed by atoms with Gasteiger partial charge in [-0.3, -0.25) is 4.79 Å². The van der Waals surface area contributed by atoms with E-state index in [1.807, 2.05) is 43.3 Å². The first-order valence-electron chi connectivity index (χ1n) is 10.3. The molecule has 30 heavy (non-hydrogen) atoms. The molecule has 5 nitrogen and oxygen atoms in total. The summed E-state index contributed by atoms with van der Waals surface area (Å²) in [5.74, 6) is 0.710. The van der Waals surface area contributed by atoms with Gasteiger partial charge in [0.15, 0.2) is 0 Å². The van der Waals surface area contributed by atoms with Gasteiger partial charge < -0.3 is 4.90 Å². The molecular formula is C24H25ClN4O. The number of hydrogen-bond donors (Lipinski definition) is 1. The van der Waals surface area contributed by atoms with Crippen molar-refractivity contribution in [2.24, 2.45) is 5.10 Å². The Bertz CT molecular complexity index is 1110. The molecule has 1 fully saturated rings. The number of halogens is 1. The van der Waals surface area contributed by atoms with Gasteiger partial charge in [-0.05, 0) is 49.9 Å². The summed E-state index contributed by atoms with van der Waals surface area (Å²) in [6.45, 7) is 5.30. The summed E-state index contributed by atoms with van der Waals surface area (Å²) in [6.07, 6.45) is 3.52. The predicted octanol–water partition coefficient (Wildman–Crippen LogP) is 5.41. The lowest BCUT2D eigenvalue weighted by atomic mass is 9.92. The summed E-state index contributed by atoms with van der Waals surface area (Å²) in [7, 11) is 0. The molecule has 2 aromatic carbocycles. The summed E-state index contributed by atoms with van der Waals surface area (Å²) in [5.41, 5.74) is 7.25. The molecule has 1 amide bonds. The van der Waals surface area contributed by atoms with E-state index in [4.69, 9.17) is 16.6 Å². The topological polar surface area (TPSA) is 57.6 Å². The van der Waals surface area contributed by atoms with Crippen molar-refractivity contribution in [1.29, 1.82) is 0 Å². The third-order valence-corrected chi connectivity index (χ3v) is 5.62. The number of carbonyl (C=O) groups excluding carboxylic acids is 1. The maximum atomic E-state index is 11.5. The fourth-order valence-electron chi connectivity index (χ4n) is 4.02. The van der Waals surface area contributed by atoms with Gasteiger partial charge in [-0.15, -0.1) is 0 Å². The molecule has 0 aliphatic carbocycles. The van der Waals surface area contributed by atoms with Crippen LogP contribution in [0.25, 0.3) is 22.0 Å². The summed E-state index contributed by atoms with van der Waals surface area (Å²) in [4.78, 5) is 18.9. The Morgan fingerprint density at radius 1 is 1.07 bits per heavy atom. The quantitative estimate of drug-likeness (QED) is 0.453. The number of fused-ring (bicyclic) bond motifs is 1. The van der Waals surface area contributed by atoms with E-state index in [-0.39, 0.29) is 5.91 Å². The lowest BCUT2D eigenvalue weighted by Crippen LogP contribution is -2.32. The van der Waals surface area contributed by atoms with E-state index < -0.39 is 0 Å². The Morgan fingerprint density at radius 3 is 2.50 bits per heavy atom. The Labute approximate surface area is 181 Å². The summed E-state index contributed by atoms with van der Waals surface area (Å²) < 4.78 is 0. The minimum Gasteiger partial charge on any atom is -0.356 e. The molecule has 1 aliphatic rings. The van der Waals surface area contributed by atoms with Gasteiger partial charge in [0.25, 0.3) is 0 Å². The minimum absolute atomic E-state index is 0.202. The van der Waals surface area contributed by atoms with Crippen molar-refractivity contribution in [3.63, 3.8) is 0 Å². The van der Waals surface area contributed by atoms with Crippen LogP contribution < -0.4 is 10.3 Å². The normalized spacial score (nSPS) is 14.8. The number of nitrogens with zero attached hydrogens (tertiary/aromatic N) is 3. The van der Waals surface area contributed by atoms with Crippen LogP contribution in [-0.4, -0.2) is 29.7 Å². The van der Waals surface area contributed by atoms with Crippen molar-refractivity contribution in [3.05, 3.63) is 59.1 Å². The van der Waals surface area contributed by atoms with E-state index >= 15 is 0 Å². The zero-order valence-electron chi connectivity index (χ0n) is 17.3. The van der Waals surface area contributed by atoms with E-state index in [9.17, 15) is 4.79 Å². The zero-order valence-corrected chi connectivity index (χ0v) is 18.0. The van der Waals surface area contributed by atoms with Gasteiger partial charge in [0.1, 0.15) is 5.82 Å². The molecule has 0 atom stereocenters. The second-order valence-corrected chi connectivity index (χ2v) is 8.06. The predicted molar refractivity (Wildman–Crippen MR) is 124 cm³/mol. The highest BCUT2D eigenvalue weighted by atomic mass is 35.5. The number of piperidine rings is 1. The van der Waals surface area contributed by atoms with Gasteiger partial charge in [0.2, 0.25) is 5.91 Å². The number of amides is 1. The highest BCUT2D eigenvalue weighted by molar-refractivity contribution is 6.31. The van der Waals surface area contributed by atoms with Crippen molar-refractivity contribution >= 4 is 39.9 Å². The molecule has 6 heteroatoms. The highest BCUT2D eigenvalue weighted by Crippen LogP contribution is 2.38. The number of anilines is 1. The SMILES string of the molecule is CC(=O)N/N=C(\C)c1c(N2CCCCC2)nc2ccc(Cl)cc2c1-c1ccccc1. The largest absolute Gasteiger partial charge is 0.356 e. The van der Waals surface area contributed by atoms with Crippen molar-refractivity contribution < 1.29 is 4.79 Å². The summed E-state index contributed by atoms with van der Waals surface area (Å²) in [5, 5.41) is 6.02. The van der Waals surface area contributed by atoms with E-state index in [1.54, 1.807) is 0 Å². The Morgan fingerprint density at radius 2 is 1.80 bits per heavy atom. The molecule has 1 saturated heterocycles. The summed E-state index contributed by atoms with van der Waals surface area (Å²) >= 11 is 6.38. The Kier molecular flexibility index (Phi) is 6.00. The molecule has 1 aromatic heterocycles. The van der Waals surface area contributed by atoms with E-state index in [0.29, 0.717) is 5.02 Å². The van der Waals surface area contributed by atoms with E-state index in [1.165, 1.54) is 13.3 Å². The molecule has 3 aromatic rings. The van der Waals surface area contributed by atoms with Crippen LogP contribution >= 0.6 is 11.6 Å². The highest BCUT2D eigenvalue weighted by Gasteiger charge is 2.24. The number of nitrogens with one attached hydrogen (secondary N) is 1. The molecule has 154 valence electrons. The van der Waals surface area contributed by atoms with Gasteiger partial charge in [-0.25, -0.2) is 10.4 Å². The third kappa shape index (κ3) is 4.17. The van der Waals surface area contributed by atoms with Gasteiger partial charge in [-0.1, -0.05) is 41.9 Å². The van der Waals surface area contributed by atoms with Crippen molar-refractivity contribution in [3.8, 4) is 11.1 Å². The van der Waals surface area contributed by atoms with Crippen LogP contribution in [0.2, 0.25) is 5.02 Å². The number of rotatable bonds is 4. The van der Waals surface area contributed by atoms with Gasteiger partial charge in [-0.2, -0.15) is 5.10 Å². The number of hydrogen-bond acceptors (Lipinski definition) is 4. The molecule has 0 radical (unpaired) electrons. The molecule has 1 aliphatic heterocycles. The van der Waals surface area contributed by atoms with Crippen LogP contribution in [0.3, 0.4) is 0 Å². The van der Waals surface area contributed by atoms with Crippen LogP contribution in [0, 0.1) is 0 Å². The first-order valence-corrected chi connectivity index (χ1v) is 10.7. The van der Waals surface area contributed by atoms with E-state index in [0.717, 1.165) is 65.1 Å². The molecule has 1 N–H and O–H groups in total. The van der Waals surface area contributed by atoms with Crippen LogP contribution in [0.15, 0.2) is 53.6 Å². The zero-order chi connectivity index (χ0) is 21.1. The average molecular weight is 421 g/mol. The van der Waals surface area contributed by atoms with Gasteiger partial charge in [0, 0.05) is 41.5 Å². The van der Waals surface area contributed by atoms with Crippen molar-refractivity contribution in [2.45, 2.75) is 33.1 Å². The van der Waals surface area contributed by atoms with Crippen LogP contribution in [0.5, 0.6) is 0 Å². The number of carbonyl (C=O) groups is 1. The molecule has 4 rings (SSSR count). The number of hydrazone groups is 1. The molecular weight excluding hydrogens is 396 g/mol. The maximum absolute atomic E-state index is 11.5. The lowest BCUT2D eigenvalue weighted by molar-refractivity contribution is -0.118. The molecule has 0 spiro atoms. The Balaban J connectivity index is 2.06. The van der Waals surface area contributed by atoms with E-state index in [2.05, 4.69) is 27.6 Å². The second kappa shape index (κ2) is 8.84. The average Bonchev–Trinajstić information content (AvgIpc) is 2.77. The summed E-state index contributed by atoms with van der Waals surface area (Å²) in [6, 6.07) is 16.0. The number of aromatic nitrogens is 1. The second-order valence-electron chi connectivity index (χ2n) is 7.63. The lowest BCUT2D eigenvalue weighted by Gasteiger charge is -2.31. The fourth-order valence-corrected chi connectivity index (χ4v) is 4.19. The first kappa shape index (κ1) is 20.4. The molecule has 0 bridgehead atoms. The standard InChI is InChI=1S/C24H25ClN4O/c1-16(27-28-17(2)30)22-23(18-9-5-3-6-10-18)20-15-19(25)11-12-21(20)26-24(22)29-13-7-4-8-14-29/h3,5-6,9-12,15H,4,7-8,13-14H2,1-2H3,(H,28,30)/b27-16+. The Hall–Kier alpha value is -2.92. The van der Waals surface area contributed by atoms with Crippen molar-refractivity contribution in [1.82, 2.24) is 10.4 Å². The molecule has 2 heterocycles. The van der Waals surface area contributed by atoms with Crippen LogP contribution in [0.4, 0.5) is 5.82 Å². The van der Waals surface area contributed by atoms with Gasteiger partial charge in [0.05, 0.1) is 11.2 Å². The fraction of sp³-hybridized carbons (Fsp3) is 0.292. The van der Waals surface area contributed by atoms with Crippen LogP contribution in [0.1, 0.15) is 38.7 Å². The van der Waals surface area contributed by atoms with Crippen LogP contribution in [-0.2, 0) is 4.79 Å². The molecule has 0 saturated carbocycles. The van der Waals surface area contributed by atoms with Gasteiger partial charge >= 0.3 is 0 Å². The molecule has 0 unspecified atom stereocenters. The number of pyridine rings is 1. The first-order chi connectivity index (χ1) is 14.5. The van der Waals surface area contributed by atoms with Crippen molar-refractivity contribution in [2.75, 3.05) is 18.0 Å².